The molecular weight excluding hydrogens is 318 g/mol. The molecule has 0 atom stereocenters. The first-order valence-electron chi connectivity index (χ1n) is 8.35. The summed E-state index contributed by atoms with van der Waals surface area (Å²) in [6, 6.07) is 15.7. The highest BCUT2D eigenvalue weighted by Crippen LogP contribution is 2.18. The van der Waals surface area contributed by atoms with E-state index < -0.39 is 0 Å². The van der Waals surface area contributed by atoms with Gasteiger partial charge < -0.3 is 14.8 Å². The van der Waals surface area contributed by atoms with Crippen LogP contribution in [-0.4, -0.2) is 18.2 Å². The topological polar surface area (TPSA) is 30.5 Å². The van der Waals surface area contributed by atoms with Gasteiger partial charge in [0.1, 0.15) is 16.5 Å². The van der Waals surface area contributed by atoms with E-state index in [1.54, 1.807) is 0 Å². The van der Waals surface area contributed by atoms with E-state index in [9.17, 15) is 0 Å². The van der Waals surface area contributed by atoms with E-state index in [0.717, 1.165) is 35.8 Å². The highest BCUT2D eigenvalue weighted by Gasteiger charge is 2.03. The van der Waals surface area contributed by atoms with Crippen molar-refractivity contribution >= 4 is 22.9 Å². The van der Waals surface area contributed by atoms with Gasteiger partial charge in [-0.1, -0.05) is 26.1 Å². The molecule has 128 valence electrons. The van der Waals surface area contributed by atoms with Crippen LogP contribution in [0.15, 0.2) is 48.5 Å². The molecule has 2 aromatic carbocycles. The minimum Gasteiger partial charge on any atom is -0.494 e. The first-order chi connectivity index (χ1) is 11.6. The van der Waals surface area contributed by atoms with E-state index in [-0.39, 0.29) is 0 Å². The highest BCUT2D eigenvalue weighted by atomic mass is 32.1. The second-order valence-electron chi connectivity index (χ2n) is 5.97. The highest BCUT2D eigenvalue weighted by molar-refractivity contribution is 7.81. The van der Waals surface area contributed by atoms with E-state index >= 15 is 0 Å². The molecule has 2 rings (SSSR count). The zero-order valence-corrected chi connectivity index (χ0v) is 15.4. The van der Waals surface area contributed by atoms with Crippen molar-refractivity contribution in [3.63, 3.8) is 0 Å². The Balaban J connectivity index is 1.89. The van der Waals surface area contributed by atoms with Crippen molar-refractivity contribution in [3.05, 3.63) is 54.1 Å². The van der Waals surface area contributed by atoms with E-state index in [1.807, 2.05) is 55.5 Å². The Kier molecular flexibility index (Phi) is 7.07. The minimum absolute atomic E-state index is 0.650. The molecular formula is C20H25NO2S. The molecule has 0 heterocycles. The molecule has 0 saturated carbocycles. The summed E-state index contributed by atoms with van der Waals surface area (Å²) in [6.07, 6.45) is 1.06. The number of hydrogen-bond acceptors (Lipinski definition) is 3. The number of nitrogens with one attached hydrogen (secondary N) is 1. The number of benzene rings is 2. The SMILES string of the molecule is CCOc1ccc(C(=S)Nc2ccc(OCCC(C)C)cc2)cc1. The molecule has 0 fully saturated rings. The fraction of sp³-hybridized carbons (Fsp3) is 0.350. The van der Waals surface area contributed by atoms with Crippen LogP contribution in [-0.2, 0) is 0 Å². The van der Waals surface area contributed by atoms with Crippen LogP contribution < -0.4 is 14.8 Å². The molecule has 1 N–H and O–H groups in total. The fourth-order valence-corrected chi connectivity index (χ4v) is 2.37. The number of anilines is 1. The smallest absolute Gasteiger partial charge is 0.119 e. The van der Waals surface area contributed by atoms with Crippen LogP contribution in [0.1, 0.15) is 32.8 Å². The van der Waals surface area contributed by atoms with Crippen molar-refractivity contribution < 1.29 is 9.47 Å². The summed E-state index contributed by atoms with van der Waals surface area (Å²) in [6.45, 7) is 7.76. The lowest BCUT2D eigenvalue weighted by Crippen LogP contribution is -2.10. The molecule has 0 aliphatic carbocycles. The quantitative estimate of drug-likeness (QED) is 0.659. The number of ether oxygens (including phenoxy) is 2. The number of hydrogen-bond donors (Lipinski definition) is 1. The molecule has 0 radical (unpaired) electrons. The monoisotopic (exact) mass is 343 g/mol. The van der Waals surface area contributed by atoms with Crippen molar-refractivity contribution in [1.29, 1.82) is 0 Å². The number of rotatable bonds is 8. The van der Waals surface area contributed by atoms with Crippen molar-refractivity contribution in [2.45, 2.75) is 27.2 Å². The lowest BCUT2D eigenvalue weighted by Gasteiger charge is -2.11. The molecule has 0 amide bonds. The van der Waals surface area contributed by atoms with Crippen LogP contribution in [0.3, 0.4) is 0 Å². The lowest BCUT2D eigenvalue weighted by molar-refractivity contribution is 0.289. The van der Waals surface area contributed by atoms with Gasteiger partial charge in [0, 0.05) is 11.3 Å². The van der Waals surface area contributed by atoms with Gasteiger partial charge in [-0.05, 0) is 67.8 Å². The van der Waals surface area contributed by atoms with Gasteiger partial charge in [0.2, 0.25) is 0 Å². The maximum atomic E-state index is 5.72. The summed E-state index contributed by atoms with van der Waals surface area (Å²) in [5.74, 6) is 2.39. The second kappa shape index (κ2) is 9.28. The van der Waals surface area contributed by atoms with Crippen LogP contribution >= 0.6 is 12.2 Å². The molecule has 0 unspecified atom stereocenters. The van der Waals surface area contributed by atoms with Crippen LogP contribution in [0.5, 0.6) is 11.5 Å². The molecule has 3 nitrogen and oxygen atoms in total. The molecule has 4 heteroatoms. The lowest BCUT2D eigenvalue weighted by atomic mass is 10.1. The van der Waals surface area contributed by atoms with Gasteiger partial charge in [0.15, 0.2) is 0 Å². The van der Waals surface area contributed by atoms with Crippen LogP contribution in [0.2, 0.25) is 0 Å². The van der Waals surface area contributed by atoms with Gasteiger partial charge in [-0.2, -0.15) is 0 Å². The third kappa shape index (κ3) is 5.85. The van der Waals surface area contributed by atoms with E-state index in [0.29, 0.717) is 17.5 Å². The van der Waals surface area contributed by atoms with Gasteiger partial charge in [-0.3, -0.25) is 0 Å². The van der Waals surface area contributed by atoms with Crippen molar-refractivity contribution in [1.82, 2.24) is 0 Å². The Labute approximate surface area is 150 Å². The Hall–Kier alpha value is -2.07. The van der Waals surface area contributed by atoms with Crippen LogP contribution in [0, 0.1) is 5.92 Å². The molecule has 0 spiro atoms. The molecule has 0 aliphatic rings. The summed E-state index contributed by atoms with van der Waals surface area (Å²) in [7, 11) is 0. The Morgan fingerprint density at radius 2 is 1.54 bits per heavy atom. The normalized spacial score (nSPS) is 10.5. The summed E-state index contributed by atoms with van der Waals surface area (Å²) in [5.41, 5.74) is 1.91. The average Bonchev–Trinajstić information content (AvgIpc) is 2.57. The maximum absolute atomic E-state index is 5.72. The van der Waals surface area contributed by atoms with Gasteiger partial charge in [-0.15, -0.1) is 0 Å². The largest absolute Gasteiger partial charge is 0.494 e. The van der Waals surface area contributed by atoms with Crippen molar-refractivity contribution in [3.8, 4) is 11.5 Å². The van der Waals surface area contributed by atoms with Gasteiger partial charge in [0.05, 0.1) is 13.2 Å². The summed E-state index contributed by atoms with van der Waals surface area (Å²) >= 11 is 5.46. The van der Waals surface area contributed by atoms with E-state index in [2.05, 4.69) is 19.2 Å². The van der Waals surface area contributed by atoms with Crippen molar-refractivity contribution in [2.24, 2.45) is 5.92 Å². The summed E-state index contributed by atoms with van der Waals surface area (Å²) < 4.78 is 11.2. The molecule has 0 aliphatic heterocycles. The third-order valence-electron chi connectivity index (χ3n) is 3.50. The molecule has 2 aromatic rings. The first-order valence-corrected chi connectivity index (χ1v) is 8.76. The van der Waals surface area contributed by atoms with Gasteiger partial charge in [0.25, 0.3) is 0 Å². The first kappa shape index (κ1) is 18.3. The predicted molar refractivity (Wildman–Crippen MR) is 104 cm³/mol. The van der Waals surface area contributed by atoms with Gasteiger partial charge in [-0.25, -0.2) is 0 Å². The van der Waals surface area contributed by atoms with Crippen LogP contribution in [0.25, 0.3) is 0 Å². The zero-order valence-electron chi connectivity index (χ0n) is 14.5. The predicted octanol–water partition coefficient (Wildman–Crippen LogP) is 5.30. The second-order valence-corrected chi connectivity index (χ2v) is 6.38. The Bertz CT molecular complexity index is 636. The average molecular weight is 343 g/mol. The standard InChI is InChI=1S/C20H25NO2S/c1-4-22-18-9-5-16(6-10-18)20(24)21-17-7-11-19(12-8-17)23-14-13-15(2)3/h5-12,15H,4,13-14H2,1-3H3,(H,21,24). The van der Waals surface area contributed by atoms with E-state index in [1.165, 1.54) is 0 Å². The molecule has 0 bridgehead atoms. The fourth-order valence-electron chi connectivity index (χ4n) is 2.12. The molecule has 0 aromatic heterocycles. The Morgan fingerprint density at radius 1 is 0.958 bits per heavy atom. The zero-order chi connectivity index (χ0) is 17.4. The summed E-state index contributed by atoms with van der Waals surface area (Å²) in [5, 5.41) is 3.25. The minimum atomic E-state index is 0.650. The van der Waals surface area contributed by atoms with Crippen molar-refractivity contribution in [2.75, 3.05) is 18.5 Å². The van der Waals surface area contributed by atoms with E-state index in [4.69, 9.17) is 21.7 Å². The Morgan fingerprint density at radius 3 is 2.12 bits per heavy atom. The number of thiocarbonyl (C=S) groups is 1. The third-order valence-corrected chi connectivity index (χ3v) is 3.84. The van der Waals surface area contributed by atoms with Crippen LogP contribution in [0.4, 0.5) is 5.69 Å². The summed E-state index contributed by atoms with van der Waals surface area (Å²) in [4.78, 5) is 0.687. The molecule has 0 saturated heterocycles. The van der Waals surface area contributed by atoms with Gasteiger partial charge >= 0.3 is 0 Å². The maximum Gasteiger partial charge on any atom is 0.119 e. The molecule has 24 heavy (non-hydrogen) atoms.